The van der Waals surface area contributed by atoms with E-state index in [-0.39, 0.29) is 66.0 Å². The van der Waals surface area contributed by atoms with E-state index in [9.17, 15) is 72.9 Å². The Morgan fingerprint density at radius 1 is 0.987 bits per heavy atom. The lowest BCUT2D eigenvalue weighted by Crippen LogP contribution is -2.46. The van der Waals surface area contributed by atoms with Gasteiger partial charge in [0.1, 0.15) is 42.0 Å². The number of thioether (sulfide) groups is 1. The maximum absolute atomic E-state index is 12.8. The van der Waals surface area contributed by atoms with E-state index in [1.807, 2.05) is 42.5 Å². The maximum atomic E-state index is 12.8. The largest absolute Gasteiger partial charge is 0.481 e. The Morgan fingerprint density at radius 2 is 1.71 bits per heavy atom. The number of ketones is 1. The molecule has 0 spiro atoms. The zero-order chi connectivity index (χ0) is 55.1. The van der Waals surface area contributed by atoms with Crippen molar-refractivity contribution in [2.45, 2.75) is 108 Å². The highest BCUT2D eigenvalue weighted by Gasteiger charge is 2.50. The van der Waals surface area contributed by atoms with E-state index in [0.29, 0.717) is 32.1 Å². The first kappa shape index (κ1) is 61.7. The Bertz CT molecular complexity index is 2620. The van der Waals surface area contributed by atoms with Gasteiger partial charge in [0.15, 0.2) is 22.8 Å². The molecule has 1 aliphatic heterocycles. The Kier molecular flexibility index (Phi) is 23.0. The third-order valence-corrected chi connectivity index (χ3v) is 16.0. The highest BCUT2D eigenvalue weighted by Crippen LogP contribution is 2.61. The number of aryl methyl sites for hydroxylation is 1. The van der Waals surface area contributed by atoms with Crippen LogP contribution in [0.1, 0.15) is 70.6 Å². The minimum atomic E-state index is -5.61. The van der Waals surface area contributed by atoms with Crippen LogP contribution in [0.5, 0.6) is 0 Å². The summed E-state index contributed by atoms with van der Waals surface area (Å²) in [6, 6.07) is 9.78. The molecule has 2 aliphatic rings. The molecule has 0 bridgehead atoms. The van der Waals surface area contributed by atoms with Crippen molar-refractivity contribution in [2.24, 2.45) is 17.3 Å². The van der Waals surface area contributed by atoms with Crippen LogP contribution in [-0.2, 0) is 61.9 Å². The van der Waals surface area contributed by atoms with Crippen molar-refractivity contribution in [1.82, 2.24) is 30.2 Å². The van der Waals surface area contributed by atoms with E-state index < -0.39 is 109 Å². The zero-order valence-electron chi connectivity index (χ0n) is 40.8. The van der Waals surface area contributed by atoms with Crippen LogP contribution < -0.4 is 16.4 Å². The Morgan fingerprint density at radius 3 is 2.43 bits per heavy atom. The first-order valence-electron chi connectivity index (χ1n) is 23.6. The number of hydrogen-bond donors (Lipinski definition) is 11. The molecule has 2 aromatic heterocycles. The summed E-state index contributed by atoms with van der Waals surface area (Å²) in [5.74, 6) is -2.09. The number of Topliss-reactive ketones (excluding diaryl/α,β-unsaturated/α-hetero) is 1. The second-order valence-electron chi connectivity index (χ2n) is 18.3. The number of nitrogens with zero attached hydrogens (tertiary/aromatic N) is 4. The van der Waals surface area contributed by atoms with Gasteiger partial charge in [-0.1, -0.05) is 80.2 Å². The molecule has 1 aromatic carbocycles. The third-order valence-electron chi connectivity index (χ3n) is 11.9. The van der Waals surface area contributed by atoms with Gasteiger partial charge in [0.2, 0.25) is 11.8 Å². The molecule has 0 radical (unpaired) electrons. The predicted molar refractivity (Wildman–Crippen MR) is 267 cm³/mol. The lowest BCUT2D eigenvalue weighted by Gasteiger charge is -2.30. The smallest absolute Gasteiger partial charge is 0.392 e. The summed E-state index contributed by atoms with van der Waals surface area (Å²) in [4.78, 5) is 101. The summed E-state index contributed by atoms with van der Waals surface area (Å²) >= 11 is 1.04. The van der Waals surface area contributed by atoms with Gasteiger partial charge in [0, 0.05) is 55.4 Å². The van der Waals surface area contributed by atoms with E-state index in [1.165, 1.54) is 13.8 Å². The number of aromatic nitrogens is 4. The number of imidazole rings is 1. The molecule has 31 heteroatoms. The molecule has 1 aliphatic carbocycles. The average Bonchev–Trinajstić information content (AvgIpc) is 3.99. The minimum Gasteiger partial charge on any atom is -0.392 e. The molecule has 75 heavy (non-hydrogen) atoms. The van der Waals surface area contributed by atoms with Crippen LogP contribution in [0.4, 0.5) is 5.82 Å². The number of carbonyl (C=O) groups is 4. The van der Waals surface area contributed by atoms with Crippen molar-refractivity contribution < 1.29 is 95.5 Å². The number of nitrogens with two attached hydrogens (primary N) is 1. The average molecular weight is 1140 g/mol. The summed E-state index contributed by atoms with van der Waals surface area (Å²) in [5, 5.41) is 47.4. The first-order chi connectivity index (χ1) is 35.3. The fourth-order valence-corrected chi connectivity index (χ4v) is 11.5. The minimum absolute atomic E-state index is 0.0196. The molecule has 11 unspecified atom stereocenters. The number of rotatable bonds is 30. The topological polar surface area (TPSA) is 421 Å². The van der Waals surface area contributed by atoms with Crippen LogP contribution >= 0.6 is 35.2 Å². The van der Waals surface area contributed by atoms with Gasteiger partial charge in [-0.2, -0.15) is 4.31 Å². The number of carbonyl (C=O) groups excluding carboxylic acids is 4. The summed E-state index contributed by atoms with van der Waals surface area (Å²) in [7, 11) is -16.5. The van der Waals surface area contributed by atoms with Gasteiger partial charge < -0.3 is 61.1 Å². The number of ether oxygens (including phenoxy) is 1. The fourth-order valence-electron chi connectivity index (χ4n) is 7.93. The van der Waals surface area contributed by atoms with Crippen LogP contribution in [-0.4, -0.2) is 151 Å². The van der Waals surface area contributed by atoms with Crippen LogP contribution in [0.15, 0.2) is 67.3 Å². The van der Waals surface area contributed by atoms with Gasteiger partial charge in [0.05, 0.1) is 31.7 Å². The molecule has 5 rings (SSSR count). The van der Waals surface area contributed by atoms with Gasteiger partial charge >= 0.3 is 23.5 Å². The molecule has 416 valence electrons. The van der Waals surface area contributed by atoms with Crippen molar-refractivity contribution in [2.75, 3.05) is 37.8 Å². The van der Waals surface area contributed by atoms with E-state index in [2.05, 4.69) is 34.4 Å². The maximum Gasteiger partial charge on any atom is 0.481 e. The van der Waals surface area contributed by atoms with Crippen LogP contribution in [0.3, 0.4) is 0 Å². The zero-order valence-corrected chi connectivity index (χ0v) is 44.3. The summed E-state index contributed by atoms with van der Waals surface area (Å²) < 4.78 is 62.5. The lowest BCUT2D eigenvalue weighted by atomic mass is 9.87. The van der Waals surface area contributed by atoms with Crippen molar-refractivity contribution in [3.63, 3.8) is 0 Å². The summed E-state index contributed by atoms with van der Waals surface area (Å²) in [6.07, 6.45) is 1.69. The van der Waals surface area contributed by atoms with E-state index in [1.54, 1.807) is 12.2 Å². The van der Waals surface area contributed by atoms with Crippen molar-refractivity contribution in [1.29, 1.82) is 0 Å². The number of unbranched alkanes of at least 4 members (excludes halogenated alkanes) is 1. The van der Waals surface area contributed by atoms with Gasteiger partial charge in [-0.3, -0.25) is 37.3 Å². The summed E-state index contributed by atoms with van der Waals surface area (Å²) in [6.45, 7) is 0.325. The molecule has 11 atom stereocenters. The Labute approximate surface area is 435 Å². The van der Waals surface area contributed by atoms with E-state index in [4.69, 9.17) is 19.5 Å². The number of anilines is 1. The standard InChI is InChI=1S/C44H64N7O20P3S/c1-44(2,24-68-74(65,66)71-73(63,64)67-23-33-38(70-72(60,61)62)37(57)43(69-33)51-26-50-36-40(45)48-25-49-41(36)51)39(58)42(59)47-19-18-34(55)46-20-21-75-35(56)13-9-4-3-8-12-29-30(32(54)22-31(29)53)17-16-28(52)15-14-27-10-6-5-7-11-27/h3,5-8,10-11,16-17,25-26,28-30,32-33,37-39,43,52,54,57-58H,4,9,12-15,18-24H2,1-2H3,(H,46,55)(H,47,59)(H,63,64)(H,65,66)(H2,45,48,49)(H2,60,61,62)/b8-3+,17-16+. The van der Waals surface area contributed by atoms with E-state index >= 15 is 0 Å². The quantitative estimate of drug-likeness (QED) is 0.0258. The predicted octanol–water partition coefficient (Wildman–Crippen LogP) is 1.90. The van der Waals surface area contributed by atoms with Crippen LogP contribution in [0.25, 0.3) is 11.2 Å². The van der Waals surface area contributed by atoms with Crippen LogP contribution in [0, 0.1) is 17.3 Å². The molecular formula is C44H64N7O20P3S. The van der Waals surface area contributed by atoms with Gasteiger partial charge in [-0.25, -0.2) is 28.6 Å². The van der Waals surface area contributed by atoms with Gasteiger partial charge in [0.25, 0.3) is 0 Å². The third kappa shape index (κ3) is 19.4. The monoisotopic (exact) mass is 1140 g/mol. The second kappa shape index (κ2) is 27.9. The number of fused-ring (bicyclic) bond motifs is 1. The number of phosphoric acid groups is 3. The van der Waals surface area contributed by atoms with Crippen LogP contribution in [0.2, 0.25) is 0 Å². The summed E-state index contributed by atoms with van der Waals surface area (Å²) in [5.41, 5.74) is 5.33. The highest BCUT2D eigenvalue weighted by atomic mass is 32.2. The second-order valence-corrected chi connectivity index (χ2v) is 23.7. The Hall–Kier alpha value is -4.15. The number of allylic oxidation sites excluding steroid dienone is 2. The number of phosphoric ester groups is 3. The molecule has 3 aromatic rings. The molecular weight excluding hydrogens is 1070 g/mol. The molecule has 12 N–H and O–H groups in total. The van der Waals surface area contributed by atoms with Gasteiger partial charge in [-0.15, -0.1) is 0 Å². The Balaban J connectivity index is 0.940. The molecule has 2 amide bonds. The van der Waals surface area contributed by atoms with Gasteiger partial charge in [-0.05, 0) is 37.7 Å². The highest BCUT2D eigenvalue weighted by molar-refractivity contribution is 8.13. The molecule has 27 nitrogen and oxygen atoms in total. The number of nitrogens with one attached hydrogen (secondary N) is 2. The number of benzene rings is 1. The number of nitrogen functional groups attached to an aromatic ring is 1. The van der Waals surface area contributed by atoms with E-state index in [0.717, 1.165) is 34.5 Å². The van der Waals surface area contributed by atoms with Crippen molar-refractivity contribution in [3.05, 3.63) is 72.9 Å². The number of amides is 2. The molecule has 1 saturated heterocycles. The normalized spacial score (nSPS) is 23.9. The lowest BCUT2D eigenvalue weighted by molar-refractivity contribution is -0.137. The molecule has 2 fully saturated rings. The fraction of sp³-hybridized carbons (Fsp3) is 0.568. The number of aliphatic hydroxyl groups is 4. The van der Waals surface area contributed by atoms with Crippen molar-refractivity contribution in [3.8, 4) is 0 Å². The number of hydrogen-bond acceptors (Lipinski definition) is 21. The van der Waals surface area contributed by atoms with Crippen molar-refractivity contribution >= 4 is 74.9 Å². The number of aliphatic hydroxyl groups excluding tert-OH is 4. The first-order valence-corrected chi connectivity index (χ1v) is 29.1. The SMILES string of the molecule is CC(C)(COP(=O)(O)OP(=O)(O)OCC1OC(n2cnc3c(N)ncnc32)C(O)C1OP(=O)(O)O)C(O)C(=O)NCCC(=O)NCCSC(=O)CCC/C=C/CC1C(=O)CC(O)C1/C=C/C(O)CCc1ccccc1. The molecule has 3 heterocycles. The molecule has 1 saturated carbocycles.